The number of carbonyl (C=O) groups is 1. The third-order valence-corrected chi connectivity index (χ3v) is 2.56. The summed E-state index contributed by atoms with van der Waals surface area (Å²) in [5.41, 5.74) is 1.80. The maximum absolute atomic E-state index is 12.1. The summed E-state index contributed by atoms with van der Waals surface area (Å²) in [6, 6.07) is 3.40. The second-order valence-electron chi connectivity index (χ2n) is 4.17. The number of aryl methyl sites for hydroxylation is 2. The van der Waals surface area contributed by atoms with Crippen LogP contribution in [-0.4, -0.2) is 32.4 Å². The molecule has 2 aromatic rings. The lowest BCUT2D eigenvalue weighted by molar-refractivity contribution is 0.102. The molecule has 0 aliphatic rings. The van der Waals surface area contributed by atoms with Crippen molar-refractivity contribution >= 4 is 11.7 Å². The quantitative estimate of drug-likeness (QED) is 0.788. The van der Waals surface area contributed by atoms with Gasteiger partial charge in [0.25, 0.3) is 5.91 Å². The zero-order valence-electron chi connectivity index (χ0n) is 11.2. The average molecular weight is 270 g/mol. The summed E-state index contributed by atoms with van der Waals surface area (Å²) in [6.07, 6.45) is 3.00. The van der Waals surface area contributed by atoms with E-state index in [1.54, 1.807) is 23.9 Å². The molecular weight excluding hydrogens is 256 g/mol. The van der Waals surface area contributed by atoms with Crippen LogP contribution in [-0.2, 0) is 7.05 Å². The number of hydrogen-bond acceptors (Lipinski definition) is 4. The van der Waals surface area contributed by atoms with E-state index in [0.717, 1.165) is 5.69 Å². The van der Waals surface area contributed by atoms with Crippen LogP contribution in [0.2, 0.25) is 0 Å². The Kier molecular flexibility index (Phi) is 4.13. The van der Waals surface area contributed by atoms with Gasteiger partial charge in [0, 0.05) is 31.1 Å². The van der Waals surface area contributed by atoms with Gasteiger partial charge in [-0.1, -0.05) is 11.8 Å². The third kappa shape index (κ3) is 3.22. The summed E-state index contributed by atoms with van der Waals surface area (Å²) >= 11 is 0. The van der Waals surface area contributed by atoms with Crippen LogP contribution in [0.1, 0.15) is 21.6 Å². The Balaban J connectivity index is 2.19. The zero-order chi connectivity index (χ0) is 14.5. The van der Waals surface area contributed by atoms with E-state index in [2.05, 4.69) is 27.2 Å². The van der Waals surface area contributed by atoms with Gasteiger partial charge >= 0.3 is 0 Å². The monoisotopic (exact) mass is 270 g/mol. The topological polar surface area (TPSA) is 80.0 Å². The molecule has 0 spiro atoms. The van der Waals surface area contributed by atoms with Crippen LogP contribution < -0.4 is 5.32 Å². The van der Waals surface area contributed by atoms with E-state index in [9.17, 15) is 4.79 Å². The number of aliphatic hydroxyl groups excluding tert-OH is 1. The minimum absolute atomic E-state index is 0.231. The number of pyridine rings is 1. The fourth-order valence-electron chi connectivity index (χ4n) is 1.69. The SMILES string of the molecule is Cc1cc(NC(=O)c2cncc(C#CCO)c2)n(C)n1. The van der Waals surface area contributed by atoms with Gasteiger partial charge in [-0.3, -0.25) is 14.5 Å². The molecule has 0 atom stereocenters. The summed E-state index contributed by atoms with van der Waals surface area (Å²) < 4.78 is 1.59. The maximum atomic E-state index is 12.1. The van der Waals surface area contributed by atoms with Crippen molar-refractivity contribution in [2.45, 2.75) is 6.92 Å². The van der Waals surface area contributed by atoms with Crippen LogP contribution in [0.25, 0.3) is 0 Å². The summed E-state index contributed by atoms with van der Waals surface area (Å²) in [6.45, 7) is 1.62. The van der Waals surface area contributed by atoms with Crippen molar-refractivity contribution in [3.8, 4) is 11.8 Å². The molecule has 0 saturated heterocycles. The molecule has 0 fully saturated rings. The summed E-state index contributed by atoms with van der Waals surface area (Å²) in [7, 11) is 1.75. The van der Waals surface area contributed by atoms with E-state index in [0.29, 0.717) is 16.9 Å². The molecule has 2 rings (SSSR count). The molecule has 2 aromatic heterocycles. The normalized spacial score (nSPS) is 9.75. The highest BCUT2D eigenvalue weighted by molar-refractivity contribution is 6.03. The number of aliphatic hydroxyl groups is 1. The van der Waals surface area contributed by atoms with E-state index in [-0.39, 0.29) is 12.5 Å². The molecule has 102 valence electrons. The van der Waals surface area contributed by atoms with E-state index in [1.165, 1.54) is 12.4 Å². The molecule has 6 heteroatoms. The van der Waals surface area contributed by atoms with Crippen molar-refractivity contribution in [2.24, 2.45) is 7.05 Å². The molecule has 0 aliphatic carbocycles. The molecule has 0 aliphatic heterocycles. The first-order valence-corrected chi connectivity index (χ1v) is 5.97. The Morgan fingerprint density at radius 1 is 1.45 bits per heavy atom. The van der Waals surface area contributed by atoms with Gasteiger partial charge < -0.3 is 10.4 Å². The molecule has 20 heavy (non-hydrogen) atoms. The van der Waals surface area contributed by atoms with E-state index in [4.69, 9.17) is 5.11 Å². The number of nitrogens with zero attached hydrogens (tertiary/aromatic N) is 3. The van der Waals surface area contributed by atoms with Crippen molar-refractivity contribution in [3.05, 3.63) is 41.3 Å². The van der Waals surface area contributed by atoms with E-state index < -0.39 is 0 Å². The summed E-state index contributed by atoms with van der Waals surface area (Å²) in [4.78, 5) is 16.1. The van der Waals surface area contributed by atoms with Crippen molar-refractivity contribution < 1.29 is 9.90 Å². The number of aromatic nitrogens is 3. The minimum atomic E-state index is -0.284. The maximum Gasteiger partial charge on any atom is 0.258 e. The average Bonchev–Trinajstić information content (AvgIpc) is 2.75. The standard InChI is InChI=1S/C14H14N4O2/c1-10-6-13(18(2)17-10)16-14(20)12-7-11(4-3-5-19)8-15-9-12/h6-9,19H,5H2,1-2H3,(H,16,20). The van der Waals surface area contributed by atoms with Crippen LogP contribution in [0.3, 0.4) is 0 Å². The molecule has 0 bridgehead atoms. The second-order valence-corrected chi connectivity index (χ2v) is 4.17. The van der Waals surface area contributed by atoms with Crippen LogP contribution in [0, 0.1) is 18.8 Å². The Morgan fingerprint density at radius 2 is 2.25 bits per heavy atom. The van der Waals surface area contributed by atoms with Gasteiger partial charge in [-0.2, -0.15) is 5.10 Å². The highest BCUT2D eigenvalue weighted by Crippen LogP contribution is 2.10. The lowest BCUT2D eigenvalue weighted by Gasteiger charge is -2.05. The lowest BCUT2D eigenvalue weighted by atomic mass is 10.2. The molecule has 0 aromatic carbocycles. The predicted molar refractivity (Wildman–Crippen MR) is 74.1 cm³/mol. The van der Waals surface area contributed by atoms with Gasteiger partial charge in [0.1, 0.15) is 12.4 Å². The Labute approximate surface area is 116 Å². The summed E-state index contributed by atoms with van der Waals surface area (Å²) in [5, 5.41) is 15.6. The molecule has 0 saturated carbocycles. The van der Waals surface area contributed by atoms with Gasteiger partial charge in [0.15, 0.2) is 0 Å². The highest BCUT2D eigenvalue weighted by atomic mass is 16.2. The van der Waals surface area contributed by atoms with Crippen LogP contribution >= 0.6 is 0 Å². The number of anilines is 1. The van der Waals surface area contributed by atoms with Gasteiger partial charge in [-0.05, 0) is 13.0 Å². The first-order valence-electron chi connectivity index (χ1n) is 5.97. The molecule has 2 N–H and O–H groups in total. The zero-order valence-corrected chi connectivity index (χ0v) is 11.2. The number of hydrogen-bond donors (Lipinski definition) is 2. The van der Waals surface area contributed by atoms with Crippen molar-refractivity contribution in [1.82, 2.24) is 14.8 Å². The predicted octanol–water partition coefficient (Wildman–Crippen LogP) is 0.720. The molecule has 6 nitrogen and oxygen atoms in total. The van der Waals surface area contributed by atoms with Gasteiger partial charge in [0.2, 0.25) is 0 Å². The van der Waals surface area contributed by atoms with Crippen LogP contribution in [0.15, 0.2) is 24.5 Å². The van der Waals surface area contributed by atoms with Crippen LogP contribution in [0.4, 0.5) is 5.82 Å². The first kappa shape index (κ1) is 13.8. The molecule has 0 unspecified atom stereocenters. The molecule has 1 amide bonds. The molecule has 0 radical (unpaired) electrons. The minimum Gasteiger partial charge on any atom is -0.384 e. The van der Waals surface area contributed by atoms with Crippen molar-refractivity contribution in [3.63, 3.8) is 0 Å². The van der Waals surface area contributed by atoms with Gasteiger partial charge in [0.05, 0.1) is 11.3 Å². The number of rotatable bonds is 2. The highest BCUT2D eigenvalue weighted by Gasteiger charge is 2.10. The first-order chi connectivity index (χ1) is 9.60. The molecule has 2 heterocycles. The smallest absolute Gasteiger partial charge is 0.258 e. The Hall–Kier alpha value is -2.65. The van der Waals surface area contributed by atoms with Crippen molar-refractivity contribution in [2.75, 3.05) is 11.9 Å². The van der Waals surface area contributed by atoms with E-state index in [1.807, 2.05) is 6.92 Å². The lowest BCUT2D eigenvalue weighted by Crippen LogP contribution is -2.14. The summed E-state index contributed by atoms with van der Waals surface area (Å²) in [5.74, 6) is 5.55. The fraction of sp³-hybridized carbons (Fsp3) is 0.214. The molecular formula is C14H14N4O2. The largest absolute Gasteiger partial charge is 0.384 e. The third-order valence-electron chi connectivity index (χ3n) is 2.56. The van der Waals surface area contributed by atoms with E-state index >= 15 is 0 Å². The number of carbonyl (C=O) groups excluding carboxylic acids is 1. The number of amides is 1. The fourth-order valence-corrected chi connectivity index (χ4v) is 1.69. The van der Waals surface area contributed by atoms with Gasteiger partial charge in [-0.15, -0.1) is 0 Å². The van der Waals surface area contributed by atoms with Crippen LogP contribution in [0.5, 0.6) is 0 Å². The Bertz CT molecular complexity index is 695. The van der Waals surface area contributed by atoms with Gasteiger partial charge in [-0.25, -0.2) is 0 Å². The number of nitrogens with one attached hydrogen (secondary N) is 1. The second kappa shape index (κ2) is 5.99. The van der Waals surface area contributed by atoms with Crippen molar-refractivity contribution in [1.29, 1.82) is 0 Å². The Morgan fingerprint density at radius 3 is 2.90 bits per heavy atom.